The van der Waals surface area contributed by atoms with Crippen LogP contribution >= 0.6 is 22.9 Å². The van der Waals surface area contributed by atoms with E-state index in [1.54, 1.807) is 11.3 Å². The number of fused-ring (bicyclic) bond motifs is 4. The van der Waals surface area contributed by atoms with E-state index in [4.69, 9.17) is 21.4 Å². The largest absolute Gasteiger partial charge is 0.466 e. The zero-order valence-corrected chi connectivity index (χ0v) is 14.2. The van der Waals surface area contributed by atoms with Gasteiger partial charge in [-0.3, -0.25) is 0 Å². The van der Waals surface area contributed by atoms with Crippen LogP contribution in [0.4, 0.5) is 0 Å². The lowest BCUT2D eigenvalue weighted by atomic mass is 9.95. The second-order valence-electron chi connectivity index (χ2n) is 6.53. The van der Waals surface area contributed by atoms with Crippen molar-refractivity contribution in [2.75, 3.05) is 0 Å². The number of halogens is 1. The maximum atomic E-state index is 6.48. The summed E-state index contributed by atoms with van der Waals surface area (Å²) in [5.41, 5.74) is 2.09. The van der Waals surface area contributed by atoms with Crippen molar-refractivity contribution >= 4 is 28.6 Å². The molecular formula is C18H17ClN2OS. The third kappa shape index (κ3) is 2.05. The molecule has 5 heteroatoms. The van der Waals surface area contributed by atoms with Crippen LogP contribution in [0.1, 0.15) is 48.6 Å². The molecule has 0 saturated heterocycles. The Bertz CT molecular complexity index is 780. The van der Waals surface area contributed by atoms with Crippen LogP contribution in [0.2, 0.25) is 5.02 Å². The highest BCUT2D eigenvalue weighted by Crippen LogP contribution is 2.52. The van der Waals surface area contributed by atoms with Gasteiger partial charge in [0.1, 0.15) is 5.75 Å². The fraction of sp³-hybridized carbons (Fsp3) is 0.389. The molecule has 3 nitrogen and oxygen atoms in total. The number of benzene rings is 1. The second kappa shape index (κ2) is 4.99. The molecule has 118 valence electrons. The molecule has 5 rings (SSSR count). The molecule has 0 amide bonds. The Labute approximate surface area is 144 Å². The number of hydrazone groups is 1. The van der Waals surface area contributed by atoms with Gasteiger partial charge in [0.2, 0.25) is 0 Å². The van der Waals surface area contributed by atoms with Gasteiger partial charge in [-0.05, 0) is 42.5 Å². The number of ether oxygens (including phenoxy) is 1. The van der Waals surface area contributed by atoms with E-state index >= 15 is 0 Å². The van der Waals surface area contributed by atoms with E-state index in [1.165, 1.54) is 29.0 Å². The molecule has 0 unspecified atom stereocenters. The predicted molar refractivity (Wildman–Crippen MR) is 93.3 cm³/mol. The molecule has 2 aliphatic heterocycles. The lowest BCUT2D eigenvalue weighted by Gasteiger charge is -2.45. The molecule has 3 heterocycles. The first-order valence-corrected chi connectivity index (χ1v) is 9.40. The Kier molecular flexibility index (Phi) is 3.01. The van der Waals surface area contributed by atoms with E-state index in [0.717, 1.165) is 30.0 Å². The monoisotopic (exact) mass is 344 g/mol. The Balaban J connectivity index is 1.63. The fourth-order valence-corrected chi connectivity index (χ4v) is 5.00. The minimum Gasteiger partial charge on any atom is -0.466 e. The minimum absolute atomic E-state index is 0.243. The van der Waals surface area contributed by atoms with Crippen molar-refractivity contribution in [3.63, 3.8) is 0 Å². The topological polar surface area (TPSA) is 24.8 Å². The maximum Gasteiger partial charge on any atom is 0.198 e. The molecule has 3 aliphatic rings. The number of hydrogen-bond acceptors (Lipinski definition) is 4. The molecule has 1 aliphatic carbocycles. The first-order valence-electron chi connectivity index (χ1n) is 8.14. The summed E-state index contributed by atoms with van der Waals surface area (Å²) in [6.45, 7) is 0. The number of thiophene rings is 1. The summed E-state index contributed by atoms with van der Waals surface area (Å²) in [5, 5.41) is 10.1. The summed E-state index contributed by atoms with van der Waals surface area (Å²) in [5.74, 6) is 0.986. The molecular weight excluding hydrogens is 328 g/mol. The summed E-state index contributed by atoms with van der Waals surface area (Å²) in [6.07, 6.45) is 5.44. The van der Waals surface area contributed by atoms with E-state index in [0.29, 0.717) is 0 Å². The fourth-order valence-electron chi connectivity index (χ4n) is 4.10. The van der Waals surface area contributed by atoms with Crippen LogP contribution in [-0.4, -0.2) is 16.4 Å². The quantitative estimate of drug-likeness (QED) is 0.709. The highest BCUT2D eigenvalue weighted by Gasteiger charge is 2.51. The molecule has 1 fully saturated rings. The molecule has 1 spiro atoms. The average molecular weight is 345 g/mol. The van der Waals surface area contributed by atoms with Crippen molar-refractivity contribution in [1.29, 1.82) is 0 Å². The van der Waals surface area contributed by atoms with Crippen LogP contribution in [0, 0.1) is 0 Å². The molecule has 0 radical (unpaired) electrons. The molecule has 0 bridgehead atoms. The molecule has 1 aromatic carbocycles. The maximum absolute atomic E-state index is 6.48. The summed E-state index contributed by atoms with van der Waals surface area (Å²) in [7, 11) is 0. The van der Waals surface area contributed by atoms with Gasteiger partial charge in [0.05, 0.1) is 16.6 Å². The van der Waals surface area contributed by atoms with Crippen LogP contribution in [0.5, 0.6) is 5.75 Å². The standard InChI is InChI=1S/C18H17ClN2OS/c19-12-5-6-16-13(10-12)15-11-14(17-4-3-9-23-17)20-21(15)18(22-16)7-1-2-8-18/h3-6,9-10,15H,1-2,7-8,11H2/t15-/m0/s1. The molecule has 1 saturated carbocycles. The normalized spacial score (nSPS) is 24.3. The van der Waals surface area contributed by atoms with Crippen molar-refractivity contribution < 1.29 is 4.74 Å². The average Bonchev–Trinajstić information content (AvgIpc) is 3.28. The number of rotatable bonds is 1. The van der Waals surface area contributed by atoms with Crippen LogP contribution in [0.3, 0.4) is 0 Å². The smallest absolute Gasteiger partial charge is 0.198 e. The Morgan fingerprint density at radius 1 is 1.26 bits per heavy atom. The van der Waals surface area contributed by atoms with E-state index in [-0.39, 0.29) is 11.8 Å². The second-order valence-corrected chi connectivity index (χ2v) is 7.91. The van der Waals surface area contributed by atoms with Gasteiger partial charge in [-0.1, -0.05) is 17.7 Å². The summed E-state index contributed by atoms with van der Waals surface area (Å²) in [6, 6.07) is 10.5. The minimum atomic E-state index is -0.259. The molecule has 2 aromatic rings. The summed E-state index contributed by atoms with van der Waals surface area (Å²) < 4.78 is 6.48. The molecule has 1 aromatic heterocycles. The zero-order valence-electron chi connectivity index (χ0n) is 12.7. The van der Waals surface area contributed by atoms with Crippen LogP contribution < -0.4 is 4.74 Å². The van der Waals surface area contributed by atoms with Crippen molar-refractivity contribution in [2.45, 2.75) is 43.9 Å². The molecule has 1 atom stereocenters. The number of nitrogens with zero attached hydrogens (tertiary/aromatic N) is 2. The van der Waals surface area contributed by atoms with E-state index in [9.17, 15) is 0 Å². The Morgan fingerprint density at radius 2 is 2.13 bits per heavy atom. The van der Waals surface area contributed by atoms with Crippen molar-refractivity contribution in [3.05, 3.63) is 51.2 Å². The molecule has 23 heavy (non-hydrogen) atoms. The first-order chi connectivity index (χ1) is 11.3. The third-order valence-corrected chi connectivity index (χ3v) is 6.30. The number of hydrogen-bond donors (Lipinski definition) is 0. The highest BCUT2D eigenvalue weighted by atomic mass is 35.5. The van der Waals surface area contributed by atoms with Gasteiger partial charge in [0, 0.05) is 29.8 Å². The lowest BCUT2D eigenvalue weighted by molar-refractivity contribution is -0.114. The van der Waals surface area contributed by atoms with Crippen LogP contribution in [-0.2, 0) is 0 Å². The van der Waals surface area contributed by atoms with Gasteiger partial charge < -0.3 is 4.74 Å². The van der Waals surface area contributed by atoms with Gasteiger partial charge in [-0.2, -0.15) is 5.10 Å². The third-order valence-electron chi connectivity index (χ3n) is 5.15. The van der Waals surface area contributed by atoms with Gasteiger partial charge >= 0.3 is 0 Å². The van der Waals surface area contributed by atoms with E-state index in [2.05, 4.69) is 22.5 Å². The van der Waals surface area contributed by atoms with E-state index < -0.39 is 0 Å². The van der Waals surface area contributed by atoms with Gasteiger partial charge in [0.25, 0.3) is 0 Å². The van der Waals surface area contributed by atoms with Crippen LogP contribution in [0.25, 0.3) is 0 Å². The zero-order chi connectivity index (χ0) is 15.4. The Hall–Kier alpha value is -1.52. The van der Waals surface area contributed by atoms with Crippen molar-refractivity contribution in [3.8, 4) is 5.75 Å². The Morgan fingerprint density at radius 3 is 2.91 bits per heavy atom. The molecule has 0 N–H and O–H groups in total. The van der Waals surface area contributed by atoms with Gasteiger partial charge in [-0.25, -0.2) is 5.01 Å². The first kappa shape index (κ1) is 13.9. The lowest BCUT2D eigenvalue weighted by Crippen LogP contribution is -2.51. The van der Waals surface area contributed by atoms with Crippen molar-refractivity contribution in [1.82, 2.24) is 5.01 Å². The SMILES string of the molecule is Clc1ccc2c(c1)[C@@H]1CC(c3cccs3)=NN1C1(CCCC1)O2. The van der Waals surface area contributed by atoms with Gasteiger partial charge in [0.15, 0.2) is 5.72 Å². The van der Waals surface area contributed by atoms with Crippen LogP contribution in [0.15, 0.2) is 40.8 Å². The van der Waals surface area contributed by atoms with E-state index in [1.807, 2.05) is 18.2 Å². The predicted octanol–water partition coefficient (Wildman–Crippen LogP) is 5.22. The summed E-state index contributed by atoms with van der Waals surface area (Å²) in [4.78, 5) is 1.26. The highest BCUT2D eigenvalue weighted by molar-refractivity contribution is 7.12. The van der Waals surface area contributed by atoms with Gasteiger partial charge in [-0.15, -0.1) is 11.3 Å². The van der Waals surface area contributed by atoms with Crippen molar-refractivity contribution in [2.24, 2.45) is 5.10 Å². The summed E-state index contributed by atoms with van der Waals surface area (Å²) >= 11 is 8.00.